The molecule has 2 heterocycles. The minimum Gasteiger partial charge on any atom is -0.464 e. The highest BCUT2D eigenvalue weighted by Gasteiger charge is 2.10. The highest BCUT2D eigenvalue weighted by atomic mass is 32.1. The monoisotopic (exact) mass is 316 g/mol. The van der Waals surface area contributed by atoms with E-state index in [9.17, 15) is 4.79 Å². The number of hydrogen-bond donors (Lipinski definition) is 2. The minimum atomic E-state index is -0.391. The molecular weight excluding hydrogens is 300 g/mol. The Bertz CT molecular complexity index is 748. The van der Waals surface area contributed by atoms with Gasteiger partial charge in [-0.1, -0.05) is 12.1 Å². The van der Waals surface area contributed by atoms with Gasteiger partial charge in [-0.05, 0) is 12.1 Å². The van der Waals surface area contributed by atoms with Gasteiger partial charge in [-0.3, -0.25) is 0 Å². The van der Waals surface area contributed by atoms with E-state index in [1.54, 1.807) is 5.38 Å². The number of imidazole rings is 1. The number of para-hydroxylation sites is 2. The summed E-state index contributed by atoms with van der Waals surface area (Å²) in [6.07, 6.45) is 0.766. The summed E-state index contributed by atoms with van der Waals surface area (Å²) in [6.45, 7) is 1.44. The van der Waals surface area contributed by atoms with E-state index in [0.717, 1.165) is 34.8 Å². The summed E-state index contributed by atoms with van der Waals surface area (Å²) in [7, 11) is 1.36. The van der Waals surface area contributed by atoms with Crippen molar-refractivity contribution in [3.05, 3.63) is 46.2 Å². The molecule has 3 aromatic rings. The third-order valence-corrected chi connectivity index (χ3v) is 4.10. The van der Waals surface area contributed by atoms with Crippen LogP contribution in [0.2, 0.25) is 0 Å². The number of carbonyl (C=O) groups is 1. The first-order chi connectivity index (χ1) is 10.8. The first kappa shape index (κ1) is 14.7. The molecule has 114 valence electrons. The molecule has 2 aromatic heterocycles. The van der Waals surface area contributed by atoms with Crippen LogP contribution in [0.15, 0.2) is 29.6 Å². The van der Waals surface area contributed by atoms with Crippen molar-refractivity contribution in [1.29, 1.82) is 0 Å². The number of fused-ring (bicyclic) bond motifs is 1. The molecule has 7 heteroatoms. The van der Waals surface area contributed by atoms with E-state index >= 15 is 0 Å². The third kappa shape index (κ3) is 3.32. The molecule has 0 aliphatic rings. The summed E-state index contributed by atoms with van der Waals surface area (Å²) in [4.78, 5) is 23.3. The lowest BCUT2D eigenvalue weighted by atomic mass is 10.3. The molecule has 0 unspecified atom stereocenters. The number of ether oxygens (including phenoxy) is 1. The van der Waals surface area contributed by atoms with Gasteiger partial charge in [0, 0.05) is 18.3 Å². The van der Waals surface area contributed by atoms with Crippen molar-refractivity contribution in [3.63, 3.8) is 0 Å². The Morgan fingerprint density at radius 2 is 2.23 bits per heavy atom. The zero-order chi connectivity index (χ0) is 15.4. The first-order valence-corrected chi connectivity index (χ1v) is 7.81. The van der Waals surface area contributed by atoms with Crippen LogP contribution in [-0.4, -0.2) is 34.6 Å². The van der Waals surface area contributed by atoms with Crippen LogP contribution in [-0.2, 0) is 17.7 Å². The van der Waals surface area contributed by atoms with Crippen molar-refractivity contribution in [2.45, 2.75) is 13.0 Å². The van der Waals surface area contributed by atoms with E-state index in [-0.39, 0.29) is 0 Å². The third-order valence-electron chi connectivity index (χ3n) is 3.19. The number of aromatic nitrogens is 3. The number of carbonyl (C=O) groups excluding carboxylic acids is 1. The van der Waals surface area contributed by atoms with Crippen molar-refractivity contribution in [1.82, 2.24) is 20.3 Å². The van der Waals surface area contributed by atoms with Crippen LogP contribution in [0.4, 0.5) is 0 Å². The number of aromatic amines is 1. The predicted octanol–water partition coefficient (Wildman–Crippen LogP) is 2.14. The first-order valence-electron chi connectivity index (χ1n) is 6.93. The van der Waals surface area contributed by atoms with Crippen molar-refractivity contribution in [3.8, 4) is 0 Å². The van der Waals surface area contributed by atoms with Crippen LogP contribution >= 0.6 is 11.3 Å². The average molecular weight is 316 g/mol. The van der Waals surface area contributed by atoms with Gasteiger partial charge in [0.2, 0.25) is 0 Å². The number of benzene rings is 1. The van der Waals surface area contributed by atoms with E-state index < -0.39 is 5.97 Å². The van der Waals surface area contributed by atoms with Crippen LogP contribution in [0.25, 0.3) is 11.0 Å². The van der Waals surface area contributed by atoms with Gasteiger partial charge in [-0.2, -0.15) is 0 Å². The summed E-state index contributed by atoms with van der Waals surface area (Å²) >= 11 is 1.47. The molecule has 0 bridgehead atoms. The van der Waals surface area contributed by atoms with Crippen LogP contribution in [0.3, 0.4) is 0 Å². The summed E-state index contributed by atoms with van der Waals surface area (Å²) < 4.78 is 4.64. The summed E-state index contributed by atoms with van der Waals surface area (Å²) in [6, 6.07) is 7.95. The molecular formula is C15H16N4O2S. The van der Waals surface area contributed by atoms with Gasteiger partial charge in [0.1, 0.15) is 5.82 Å². The van der Waals surface area contributed by atoms with Gasteiger partial charge in [0.15, 0.2) is 5.69 Å². The summed E-state index contributed by atoms with van der Waals surface area (Å²) in [5.41, 5.74) is 2.39. The van der Waals surface area contributed by atoms with Gasteiger partial charge in [-0.15, -0.1) is 11.3 Å². The Kier molecular flexibility index (Phi) is 4.45. The molecule has 3 rings (SSSR count). The standard InChI is InChI=1S/C15H16N4O2S/c1-21-15(20)12-9-22-14(19-12)6-7-16-8-13-17-10-4-2-3-5-11(10)18-13/h2-5,9,16H,6-8H2,1H3,(H,17,18). The van der Waals surface area contributed by atoms with Crippen molar-refractivity contribution < 1.29 is 9.53 Å². The number of hydrogen-bond acceptors (Lipinski definition) is 6. The Morgan fingerprint density at radius 1 is 1.36 bits per heavy atom. The van der Waals surface area contributed by atoms with Crippen LogP contribution < -0.4 is 5.32 Å². The van der Waals surface area contributed by atoms with Crippen LogP contribution in [0.1, 0.15) is 21.3 Å². The van der Waals surface area contributed by atoms with E-state index in [4.69, 9.17) is 0 Å². The van der Waals surface area contributed by atoms with Gasteiger partial charge in [0.25, 0.3) is 0 Å². The number of H-pyrrole nitrogens is 1. The number of nitrogens with zero attached hydrogens (tertiary/aromatic N) is 2. The van der Waals surface area contributed by atoms with E-state index in [2.05, 4.69) is 25.0 Å². The number of rotatable bonds is 6. The Morgan fingerprint density at radius 3 is 3.05 bits per heavy atom. The summed E-state index contributed by atoms with van der Waals surface area (Å²) in [5.74, 6) is 0.522. The molecule has 0 radical (unpaired) electrons. The maximum Gasteiger partial charge on any atom is 0.357 e. The zero-order valence-corrected chi connectivity index (χ0v) is 12.9. The highest BCUT2D eigenvalue weighted by molar-refractivity contribution is 7.09. The van der Waals surface area contributed by atoms with E-state index in [1.165, 1.54) is 18.4 Å². The Balaban J connectivity index is 1.49. The SMILES string of the molecule is COC(=O)c1csc(CCNCc2nc3ccccc3[nH]2)n1. The van der Waals surface area contributed by atoms with Gasteiger partial charge >= 0.3 is 5.97 Å². The van der Waals surface area contributed by atoms with Crippen molar-refractivity contribution in [2.75, 3.05) is 13.7 Å². The minimum absolute atomic E-state index is 0.375. The quantitative estimate of drug-likeness (QED) is 0.538. The number of methoxy groups -OCH3 is 1. The fourth-order valence-electron chi connectivity index (χ4n) is 2.12. The van der Waals surface area contributed by atoms with Gasteiger partial charge in [0.05, 0.1) is 29.7 Å². The highest BCUT2D eigenvalue weighted by Crippen LogP contribution is 2.12. The van der Waals surface area contributed by atoms with E-state index in [1.807, 2.05) is 24.3 Å². The van der Waals surface area contributed by atoms with Crippen molar-refractivity contribution >= 4 is 28.3 Å². The molecule has 0 spiro atoms. The molecule has 0 aliphatic heterocycles. The van der Waals surface area contributed by atoms with Crippen molar-refractivity contribution in [2.24, 2.45) is 0 Å². The van der Waals surface area contributed by atoms with Crippen LogP contribution in [0, 0.1) is 0 Å². The predicted molar refractivity (Wildman–Crippen MR) is 85.0 cm³/mol. The summed E-state index contributed by atoms with van der Waals surface area (Å²) in [5, 5.41) is 5.96. The number of esters is 1. The number of nitrogens with one attached hydrogen (secondary N) is 2. The second-order valence-electron chi connectivity index (χ2n) is 4.75. The fraction of sp³-hybridized carbons (Fsp3) is 0.267. The zero-order valence-electron chi connectivity index (χ0n) is 12.1. The molecule has 1 aromatic carbocycles. The lowest BCUT2D eigenvalue weighted by molar-refractivity contribution is 0.0594. The second-order valence-corrected chi connectivity index (χ2v) is 5.69. The molecule has 2 N–H and O–H groups in total. The maximum absolute atomic E-state index is 11.3. The van der Waals surface area contributed by atoms with Gasteiger partial charge < -0.3 is 15.0 Å². The molecule has 0 saturated carbocycles. The molecule has 0 atom stereocenters. The lowest BCUT2D eigenvalue weighted by Gasteiger charge is -2.00. The normalized spacial score (nSPS) is 11.0. The van der Waals surface area contributed by atoms with Crippen LogP contribution in [0.5, 0.6) is 0 Å². The fourth-order valence-corrected chi connectivity index (χ4v) is 2.88. The largest absolute Gasteiger partial charge is 0.464 e. The molecule has 0 saturated heterocycles. The lowest BCUT2D eigenvalue weighted by Crippen LogP contribution is -2.17. The van der Waals surface area contributed by atoms with E-state index in [0.29, 0.717) is 12.2 Å². The molecule has 0 fully saturated rings. The Labute approximate surface area is 131 Å². The molecule has 6 nitrogen and oxygen atoms in total. The topological polar surface area (TPSA) is 79.9 Å². The second kappa shape index (κ2) is 6.67. The maximum atomic E-state index is 11.3. The molecule has 0 amide bonds. The smallest absolute Gasteiger partial charge is 0.357 e. The van der Waals surface area contributed by atoms with Gasteiger partial charge in [-0.25, -0.2) is 14.8 Å². The molecule has 22 heavy (non-hydrogen) atoms. The number of thiazole rings is 1. The average Bonchev–Trinajstić information content (AvgIpc) is 3.17. The Hall–Kier alpha value is -2.25. The molecule has 0 aliphatic carbocycles.